The van der Waals surface area contributed by atoms with E-state index in [0.717, 1.165) is 29.1 Å². The van der Waals surface area contributed by atoms with Gasteiger partial charge in [0.05, 0.1) is 4.99 Å². The summed E-state index contributed by atoms with van der Waals surface area (Å²) in [5.41, 5.74) is 2.01. The van der Waals surface area contributed by atoms with Crippen LogP contribution in [0.1, 0.15) is 45.1 Å². The summed E-state index contributed by atoms with van der Waals surface area (Å²) in [6.07, 6.45) is 8.17. The standard InChI is InChI=1S/C17H23NO2S/c1-3-4-5-12-17(21)18-16-11-7-6-9-15(16)10-8-13-20-14(2)19/h6-11H,3-5,12-13H2,1-2H3,(H,18,21)/b10-8-. The summed E-state index contributed by atoms with van der Waals surface area (Å²) in [6.45, 7) is 3.86. The van der Waals surface area contributed by atoms with Gasteiger partial charge < -0.3 is 10.1 Å². The molecule has 0 unspecified atom stereocenters. The number of esters is 1. The normalized spacial score (nSPS) is 10.6. The van der Waals surface area contributed by atoms with Gasteiger partial charge in [-0.2, -0.15) is 0 Å². The van der Waals surface area contributed by atoms with E-state index in [2.05, 4.69) is 12.2 Å². The molecule has 0 saturated heterocycles. The molecule has 0 aromatic heterocycles. The minimum absolute atomic E-state index is 0.275. The van der Waals surface area contributed by atoms with Gasteiger partial charge in [-0.15, -0.1) is 0 Å². The topological polar surface area (TPSA) is 38.3 Å². The van der Waals surface area contributed by atoms with E-state index in [0.29, 0.717) is 0 Å². The third kappa shape index (κ3) is 7.61. The third-order valence-corrected chi connectivity index (χ3v) is 3.23. The highest BCUT2D eigenvalue weighted by Gasteiger charge is 2.01. The number of thiocarbonyl (C=S) groups is 1. The Kier molecular flexibility index (Phi) is 8.36. The zero-order chi connectivity index (χ0) is 15.5. The minimum atomic E-state index is -0.275. The van der Waals surface area contributed by atoms with Gasteiger partial charge >= 0.3 is 5.97 Å². The van der Waals surface area contributed by atoms with Crippen LogP contribution in [0.5, 0.6) is 0 Å². The van der Waals surface area contributed by atoms with E-state index in [1.165, 1.54) is 19.8 Å². The Morgan fingerprint density at radius 3 is 2.81 bits per heavy atom. The minimum Gasteiger partial charge on any atom is -0.462 e. The number of ether oxygens (including phenoxy) is 1. The second kappa shape index (κ2) is 10.1. The number of anilines is 1. The van der Waals surface area contributed by atoms with E-state index >= 15 is 0 Å². The van der Waals surface area contributed by atoms with E-state index in [9.17, 15) is 4.79 Å². The number of para-hydroxylation sites is 1. The molecule has 0 amide bonds. The van der Waals surface area contributed by atoms with Crippen LogP contribution < -0.4 is 5.32 Å². The predicted octanol–water partition coefficient (Wildman–Crippen LogP) is 4.58. The number of benzene rings is 1. The molecule has 114 valence electrons. The first-order valence-electron chi connectivity index (χ1n) is 7.32. The Labute approximate surface area is 132 Å². The second-order valence-corrected chi connectivity index (χ2v) is 5.29. The first-order valence-corrected chi connectivity index (χ1v) is 7.73. The van der Waals surface area contributed by atoms with E-state index in [1.807, 2.05) is 36.4 Å². The van der Waals surface area contributed by atoms with Crippen LogP contribution in [0, 0.1) is 0 Å². The molecule has 1 aromatic carbocycles. The number of carbonyl (C=O) groups is 1. The van der Waals surface area contributed by atoms with Crippen molar-refractivity contribution in [2.24, 2.45) is 0 Å². The molecular weight excluding hydrogens is 282 g/mol. The summed E-state index contributed by atoms with van der Waals surface area (Å²) >= 11 is 5.37. The van der Waals surface area contributed by atoms with E-state index in [-0.39, 0.29) is 12.6 Å². The Balaban J connectivity index is 2.58. The maximum absolute atomic E-state index is 10.7. The molecule has 0 bridgehead atoms. The Hall–Kier alpha value is -1.68. The molecule has 21 heavy (non-hydrogen) atoms. The molecule has 0 aliphatic carbocycles. The monoisotopic (exact) mass is 305 g/mol. The van der Waals surface area contributed by atoms with E-state index in [4.69, 9.17) is 17.0 Å². The Morgan fingerprint density at radius 2 is 2.10 bits per heavy atom. The molecule has 0 aliphatic rings. The first-order chi connectivity index (χ1) is 10.1. The molecule has 0 radical (unpaired) electrons. The van der Waals surface area contributed by atoms with Crippen molar-refractivity contribution in [2.45, 2.75) is 39.5 Å². The summed E-state index contributed by atoms with van der Waals surface area (Å²) < 4.78 is 4.88. The fourth-order valence-corrected chi connectivity index (χ4v) is 2.10. The molecule has 0 spiro atoms. The van der Waals surface area contributed by atoms with Gasteiger partial charge in [0.25, 0.3) is 0 Å². The Bertz CT molecular complexity index is 497. The summed E-state index contributed by atoms with van der Waals surface area (Å²) in [5.74, 6) is -0.275. The number of rotatable bonds is 8. The fraction of sp³-hybridized carbons (Fsp3) is 0.412. The average molecular weight is 305 g/mol. The predicted molar refractivity (Wildman–Crippen MR) is 92.5 cm³/mol. The molecular formula is C17H23NO2S. The first kappa shape index (κ1) is 17.4. The molecule has 4 heteroatoms. The molecule has 3 nitrogen and oxygen atoms in total. The van der Waals surface area contributed by atoms with Crippen LogP contribution >= 0.6 is 12.2 Å². The van der Waals surface area contributed by atoms with Crippen LogP contribution in [0.15, 0.2) is 30.3 Å². The van der Waals surface area contributed by atoms with Crippen LogP contribution in [0.2, 0.25) is 0 Å². The van der Waals surface area contributed by atoms with Crippen molar-refractivity contribution in [1.29, 1.82) is 0 Å². The summed E-state index contributed by atoms with van der Waals surface area (Å²) in [6, 6.07) is 7.94. The van der Waals surface area contributed by atoms with Crippen molar-refractivity contribution >= 4 is 34.9 Å². The highest BCUT2D eigenvalue weighted by Crippen LogP contribution is 2.17. The van der Waals surface area contributed by atoms with Gasteiger partial charge in [-0.1, -0.05) is 56.3 Å². The van der Waals surface area contributed by atoms with Crippen LogP contribution in [0.25, 0.3) is 6.08 Å². The van der Waals surface area contributed by atoms with Crippen molar-refractivity contribution in [3.05, 3.63) is 35.9 Å². The largest absolute Gasteiger partial charge is 0.462 e. The van der Waals surface area contributed by atoms with Crippen molar-refractivity contribution < 1.29 is 9.53 Å². The van der Waals surface area contributed by atoms with Crippen molar-refractivity contribution in [2.75, 3.05) is 11.9 Å². The van der Waals surface area contributed by atoms with Gasteiger partial charge in [0.2, 0.25) is 0 Å². The zero-order valence-electron chi connectivity index (χ0n) is 12.7. The summed E-state index contributed by atoms with van der Waals surface area (Å²) in [4.78, 5) is 11.6. The quantitative estimate of drug-likeness (QED) is 0.433. The zero-order valence-corrected chi connectivity index (χ0v) is 13.5. The molecule has 1 N–H and O–H groups in total. The molecule has 0 atom stereocenters. The number of unbranched alkanes of at least 4 members (excludes halogenated alkanes) is 2. The molecule has 0 heterocycles. The van der Waals surface area contributed by atoms with Gasteiger partial charge in [0.1, 0.15) is 6.61 Å². The molecule has 1 rings (SSSR count). The highest BCUT2D eigenvalue weighted by molar-refractivity contribution is 7.80. The van der Waals surface area contributed by atoms with Crippen LogP contribution in [-0.2, 0) is 9.53 Å². The lowest BCUT2D eigenvalue weighted by Crippen LogP contribution is -2.09. The van der Waals surface area contributed by atoms with Crippen molar-refractivity contribution in [3.8, 4) is 0 Å². The van der Waals surface area contributed by atoms with Gasteiger partial charge in [-0.05, 0) is 30.5 Å². The maximum atomic E-state index is 10.7. The SMILES string of the molecule is CCCCCC(=S)Nc1ccccc1/C=C\COC(C)=O. The van der Waals surface area contributed by atoms with Crippen LogP contribution in [0.3, 0.4) is 0 Å². The lowest BCUT2D eigenvalue weighted by Gasteiger charge is -2.10. The van der Waals surface area contributed by atoms with Gasteiger partial charge in [-0.25, -0.2) is 0 Å². The van der Waals surface area contributed by atoms with Gasteiger partial charge in [0, 0.05) is 12.6 Å². The summed E-state index contributed by atoms with van der Waals surface area (Å²) in [7, 11) is 0. The van der Waals surface area contributed by atoms with E-state index < -0.39 is 0 Å². The fourth-order valence-electron chi connectivity index (χ4n) is 1.84. The van der Waals surface area contributed by atoms with Crippen molar-refractivity contribution in [3.63, 3.8) is 0 Å². The number of nitrogens with one attached hydrogen (secondary N) is 1. The third-order valence-electron chi connectivity index (χ3n) is 2.92. The number of hydrogen-bond acceptors (Lipinski definition) is 3. The molecule has 0 fully saturated rings. The van der Waals surface area contributed by atoms with Crippen LogP contribution in [-0.4, -0.2) is 17.6 Å². The maximum Gasteiger partial charge on any atom is 0.302 e. The van der Waals surface area contributed by atoms with Crippen molar-refractivity contribution in [1.82, 2.24) is 0 Å². The lowest BCUT2D eigenvalue weighted by atomic mass is 10.1. The number of carbonyl (C=O) groups excluding carboxylic acids is 1. The van der Waals surface area contributed by atoms with Crippen LogP contribution in [0.4, 0.5) is 5.69 Å². The van der Waals surface area contributed by atoms with Gasteiger partial charge in [-0.3, -0.25) is 4.79 Å². The van der Waals surface area contributed by atoms with Gasteiger partial charge in [0.15, 0.2) is 0 Å². The molecule has 0 saturated carbocycles. The Morgan fingerprint density at radius 1 is 1.33 bits per heavy atom. The molecule has 0 aliphatic heterocycles. The second-order valence-electron chi connectivity index (χ2n) is 4.80. The molecule has 1 aromatic rings. The average Bonchev–Trinajstić information content (AvgIpc) is 2.45. The smallest absolute Gasteiger partial charge is 0.302 e. The summed E-state index contributed by atoms with van der Waals surface area (Å²) in [5, 5.41) is 3.29. The number of hydrogen-bond donors (Lipinski definition) is 1. The highest BCUT2D eigenvalue weighted by atomic mass is 32.1. The lowest BCUT2D eigenvalue weighted by molar-refractivity contribution is -0.139. The van der Waals surface area contributed by atoms with E-state index in [1.54, 1.807) is 0 Å².